The van der Waals surface area contributed by atoms with E-state index in [0.717, 1.165) is 19.1 Å². The van der Waals surface area contributed by atoms with Crippen LogP contribution < -0.4 is 5.73 Å². The van der Waals surface area contributed by atoms with Gasteiger partial charge in [-0.2, -0.15) is 0 Å². The van der Waals surface area contributed by atoms with Crippen molar-refractivity contribution >= 4 is 0 Å². The standard InChI is InChI=1S/C13H26N2O/c1-11(14)12-5-7-15(8-6-12)10-13-4-2-3-9-16-13/h11-13H,2-10,14H2,1H3. The Labute approximate surface area is 99.3 Å². The van der Waals surface area contributed by atoms with Crippen molar-refractivity contribution < 1.29 is 4.74 Å². The Morgan fingerprint density at radius 1 is 1.25 bits per heavy atom. The molecule has 94 valence electrons. The lowest BCUT2D eigenvalue weighted by molar-refractivity contribution is -0.0117. The number of rotatable bonds is 3. The van der Waals surface area contributed by atoms with E-state index in [4.69, 9.17) is 10.5 Å². The monoisotopic (exact) mass is 226 g/mol. The van der Waals surface area contributed by atoms with Crippen molar-refractivity contribution in [3.63, 3.8) is 0 Å². The van der Waals surface area contributed by atoms with Crippen LogP contribution >= 0.6 is 0 Å². The summed E-state index contributed by atoms with van der Waals surface area (Å²) in [6.45, 7) is 6.69. The van der Waals surface area contributed by atoms with E-state index in [1.54, 1.807) is 0 Å². The molecule has 2 saturated heterocycles. The maximum absolute atomic E-state index is 5.95. The maximum atomic E-state index is 5.95. The summed E-state index contributed by atoms with van der Waals surface area (Å²) in [5.74, 6) is 0.739. The number of hydrogen-bond donors (Lipinski definition) is 1. The Bertz CT molecular complexity index is 194. The normalized spacial score (nSPS) is 31.5. The van der Waals surface area contributed by atoms with Gasteiger partial charge in [0.2, 0.25) is 0 Å². The summed E-state index contributed by atoms with van der Waals surface area (Å²) >= 11 is 0. The summed E-state index contributed by atoms with van der Waals surface area (Å²) in [5.41, 5.74) is 5.95. The van der Waals surface area contributed by atoms with Crippen molar-refractivity contribution in [1.29, 1.82) is 0 Å². The van der Waals surface area contributed by atoms with E-state index in [1.807, 2.05) is 0 Å². The van der Waals surface area contributed by atoms with Crippen LogP contribution in [0.2, 0.25) is 0 Å². The third-order valence-corrected chi connectivity index (χ3v) is 4.11. The van der Waals surface area contributed by atoms with Gasteiger partial charge < -0.3 is 15.4 Å². The van der Waals surface area contributed by atoms with Crippen LogP contribution in [0.3, 0.4) is 0 Å². The zero-order valence-corrected chi connectivity index (χ0v) is 10.5. The Kier molecular flexibility index (Phi) is 4.62. The van der Waals surface area contributed by atoms with Gasteiger partial charge in [0.25, 0.3) is 0 Å². The van der Waals surface area contributed by atoms with Crippen LogP contribution in [-0.2, 0) is 4.74 Å². The summed E-state index contributed by atoms with van der Waals surface area (Å²) in [7, 11) is 0. The molecule has 2 heterocycles. The first kappa shape index (κ1) is 12.3. The smallest absolute Gasteiger partial charge is 0.0702 e. The van der Waals surface area contributed by atoms with Gasteiger partial charge in [0.05, 0.1) is 6.10 Å². The van der Waals surface area contributed by atoms with Crippen LogP contribution in [0.15, 0.2) is 0 Å². The Balaban J connectivity index is 1.68. The first-order valence-electron chi connectivity index (χ1n) is 6.85. The van der Waals surface area contributed by atoms with Crippen LogP contribution in [0.1, 0.15) is 39.0 Å². The topological polar surface area (TPSA) is 38.5 Å². The highest BCUT2D eigenvalue weighted by atomic mass is 16.5. The number of ether oxygens (including phenoxy) is 1. The van der Waals surface area contributed by atoms with E-state index < -0.39 is 0 Å². The molecule has 0 radical (unpaired) electrons. The molecule has 16 heavy (non-hydrogen) atoms. The second-order valence-electron chi connectivity index (χ2n) is 5.49. The molecule has 0 spiro atoms. The first-order chi connectivity index (χ1) is 7.75. The molecule has 2 rings (SSSR count). The molecule has 2 atom stereocenters. The van der Waals surface area contributed by atoms with E-state index in [-0.39, 0.29) is 0 Å². The van der Waals surface area contributed by atoms with E-state index >= 15 is 0 Å². The average molecular weight is 226 g/mol. The number of nitrogens with zero attached hydrogens (tertiary/aromatic N) is 1. The molecule has 2 aliphatic heterocycles. The molecule has 3 nitrogen and oxygen atoms in total. The van der Waals surface area contributed by atoms with Gasteiger partial charge in [0, 0.05) is 19.2 Å². The lowest BCUT2D eigenvalue weighted by Crippen LogP contribution is -2.43. The molecule has 0 amide bonds. The van der Waals surface area contributed by atoms with Gasteiger partial charge in [-0.3, -0.25) is 0 Å². The molecule has 0 saturated carbocycles. The van der Waals surface area contributed by atoms with Crippen LogP contribution in [-0.4, -0.2) is 43.3 Å². The van der Waals surface area contributed by atoms with E-state index in [0.29, 0.717) is 12.1 Å². The zero-order chi connectivity index (χ0) is 11.4. The molecular weight excluding hydrogens is 200 g/mol. The quantitative estimate of drug-likeness (QED) is 0.794. The molecular formula is C13H26N2O. The second-order valence-corrected chi connectivity index (χ2v) is 5.49. The Morgan fingerprint density at radius 2 is 2.00 bits per heavy atom. The highest BCUT2D eigenvalue weighted by molar-refractivity contribution is 4.79. The second kappa shape index (κ2) is 5.99. The summed E-state index contributed by atoms with van der Waals surface area (Å²) < 4.78 is 5.79. The summed E-state index contributed by atoms with van der Waals surface area (Å²) in [5, 5.41) is 0. The minimum absolute atomic E-state index is 0.369. The molecule has 2 N–H and O–H groups in total. The van der Waals surface area contributed by atoms with Crippen molar-refractivity contribution in [2.75, 3.05) is 26.2 Å². The highest BCUT2D eigenvalue weighted by Gasteiger charge is 2.24. The van der Waals surface area contributed by atoms with Crippen LogP contribution in [0.25, 0.3) is 0 Å². The van der Waals surface area contributed by atoms with Crippen LogP contribution in [0.5, 0.6) is 0 Å². The van der Waals surface area contributed by atoms with Crippen molar-refractivity contribution in [1.82, 2.24) is 4.90 Å². The summed E-state index contributed by atoms with van der Waals surface area (Å²) in [6.07, 6.45) is 6.90. The lowest BCUT2D eigenvalue weighted by Gasteiger charge is -2.36. The highest BCUT2D eigenvalue weighted by Crippen LogP contribution is 2.21. The molecule has 0 aromatic rings. The van der Waals surface area contributed by atoms with E-state index in [9.17, 15) is 0 Å². The number of piperidine rings is 1. The SMILES string of the molecule is CC(N)C1CCN(CC2CCCCO2)CC1. The minimum Gasteiger partial charge on any atom is -0.377 e. The molecule has 3 heteroatoms. The average Bonchev–Trinajstić information content (AvgIpc) is 2.31. The fourth-order valence-electron chi connectivity index (χ4n) is 2.90. The fraction of sp³-hybridized carbons (Fsp3) is 1.00. The minimum atomic E-state index is 0.369. The zero-order valence-electron chi connectivity index (χ0n) is 10.5. The van der Waals surface area contributed by atoms with Crippen molar-refractivity contribution in [2.45, 2.75) is 51.2 Å². The Morgan fingerprint density at radius 3 is 2.56 bits per heavy atom. The van der Waals surface area contributed by atoms with Gasteiger partial charge >= 0.3 is 0 Å². The van der Waals surface area contributed by atoms with Gasteiger partial charge in [-0.1, -0.05) is 0 Å². The third kappa shape index (κ3) is 3.44. The molecule has 0 aromatic heterocycles. The van der Waals surface area contributed by atoms with E-state index in [1.165, 1.54) is 45.2 Å². The molecule has 2 aliphatic rings. The van der Waals surface area contributed by atoms with E-state index in [2.05, 4.69) is 11.8 Å². The molecule has 0 aromatic carbocycles. The van der Waals surface area contributed by atoms with Crippen molar-refractivity contribution in [2.24, 2.45) is 11.7 Å². The number of hydrogen-bond acceptors (Lipinski definition) is 3. The number of likely N-dealkylation sites (tertiary alicyclic amines) is 1. The van der Waals surface area contributed by atoms with Gasteiger partial charge in [-0.25, -0.2) is 0 Å². The predicted molar refractivity (Wildman–Crippen MR) is 66.4 cm³/mol. The summed E-state index contributed by atoms with van der Waals surface area (Å²) in [4.78, 5) is 2.56. The molecule has 0 aliphatic carbocycles. The van der Waals surface area contributed by atoms with Gasteiger partial charge in [0.15, 0.2) is 0 Å². The van der Waals surface area contributed by atoms with Gasteiger partial charge in [-0.05, 0) is 58.0 Å². The summed E-state index contributed by atoms with van der Waals surface area (Å²) in [6, 6.07) is 0.369. The molecule has 2 fully saturated rings. The fourth-order valence-corrected chi connectivity index (χ4v) is 2.90. The van der Waals surface area contributed by atoms with Crippen LogP contribution in [0.4, 0.5) is 0 Å². The Hall–Kier alpha value is -0.120. The third-order valence-electron chi connectivity index (χ3n) is 4.11. The number of nitrogens with two attached hydrogens (primary N) is 1. The molecule has 0 bridgehead atoms. The van der Waals surface area contributed by atoms with Crippen molar-refractivity contribution in [3.05, 3.63) is 0 Å². The van der Waals surface area contributed by atoms with Crippen LogP contribution in [0, 0.1) is 5.92 Å². The first-order valence-corrected chi connectivity index (χ1v) is 6.85. The molecule has 2 unspecified atom stereocenters. The van der Waals surface area contributed by atoms with Crippen molar-refractivity contribution in [3.8, 4) is 0 Å². The lowest BCUT2D eigenvalue weighted by atomic mass is 9.90. The van der Waals surface area contributed by atoms with Gasteiger partial charge in [0.1, 0.15) is 0 Å². The maximum Gasteiger partial charge on any atom is 0.0702 e. The van der Waals surface area contributed by atoms with Gasteiger partial charge in [-0.15, -0.1) is 0 Å². The largest absolute Gasteiger partial charge is 0.377 e. The predicted octanol–water partition coefficient (Wildman–Crippen LogP) is 1.61.